The van der Waals surface area contributed by atoms with Crippen molar-refractivity contribution in [1.82, 2.24) is 24.5 Å². The highest BCUT2D eigenvalue weighted by atomic mass is 19.1. The average molecular weight is 510 g/mol. The van der Waals surface area contributed by atoms with Gasteiger partial charge in [0.25, 0.3) is 0 Å². The molecule has 2 aromatic carbocycles. The van der Waals surface area contributed by atoms with E-state index in [1.54, 1.807) is 31.3 Å². The fourth-order valence-corrected chi connectivity index (χ4v) is 4.38. The number of aryl methyl sites for hydroxylation is 3. The molecule has 0 saturated carbocycles. The van der Waals surface area contributed by atoms with Gasteiger partial charge in [0.2, 0.25) is 5.91 Å². The van der Waals surface area contributed by atoms with Crippen LogP contribution in [0.1, 0.15) is 11.3 Å². The molecule has 3 N–H and O–H groups in total. The molecular weight excluding hydrogens is 485 g/mol. The Bertz CT molecular complexity index is 1730. The van der Waals surface area contributed by atoms with E-state index in [9.17, 15) is 4.79 Å². The van der Waals surface area contributed by atoms with Gasteiger partial charge in [0.05, 0.1) is 11.1 Å². The Morgan fingerprint density at radius 2 is 1.95 bits per heavy atom. The number of ether oxygens (including phenoxy) is 1. The van der Waals surface area contributed by atoms with Crippen molar-refractivity contribution < 1.29 is 13.9 Å². The summed E-state index contributed by atoms with van der Waals surface area (Å²) in [7, 11) is 1.86. The Morgan fingerprint density at radius 1 is 1.13 bits per heavy atom. The zero-order valence-corrected chi connectivity index (χ0v) is 21.0. The van der Waals surface area contributed by atoms with Gasteiger partial charge in [0.15, 0.2) is 11.6 Å². The minimum Gasteiger partial charge on any atom is -0.421 e. The second-order valence-electron chi connectivity index (χ2n) is 8.69. The summed E-state index contributed by atoms with van der Waals surface area (Å²) in [4.78, 5) is 28.6. The number of halogens is 1. The van der Waals surface area contributed by atoms with Crippen molar-refractivity contribution in [3.8, 4) is 34.1 Å². The van der Waals surface area contributed by atoms with Gasteiger partial charge in [-0.1, -0.05) is 18.7 Å². The Balaban J connectivity index is 1.66. The summed E-state index contributed by atoms with van der Waals surface area (Å²) in [6.45, 7) is 7.21. The number of aromatic nitrogens is 5. The van der Waals surface area contributed by atoms with Gasteiger partial charge in [-0.25, -0.2) is 24.3 Å². The van der Waals surface area contributed by atoms with Gasteiger partial charge in [-0.2, -0.15) is 0 Å². The number of fused-ring (bicyclic) bond motifs is 1. The highest BCUT2D eigenvalue weighted by Crippen LogP contribution is 2.43. The Labute approximate surface area is 217 Å². The first kappa shape index (κ1) is 24.6. The monoisotopic (exact) mass is 509 g/mol. The number of nitrogen functional groups attached to an aromatic ring is 1. The molecule has 0 atom stereocenters. The number of amides is 1. The standard InChI is InChI=1S/C28H24FN7O2/c1-5-22(37)35-18-7-8-19(15(2)12-18)25-23(24-26(30)32-14-33-27(24)36(25)4)17-6-9-21(20(29)13-17)38-28-31-11-10-16(3)34-28/h5-14H,1H2,2-4H3,(H,35,37)(H2,30,32,33). The van der Waals surface area contributed by atoms with Gasteiger partial charge < -0.3 is 20.4 Å². The molecule has 9 nitrogen and oxygen atoms in total. The van der Waals surface area contributed by atoms with Gasteiger partial charge >= 0.3 is 6.01 Å². The molecule has 10 heteroatoms. The van der Waals surface area contributed by atoms with Gasteiger partial charge in [-0.3, -0.25) is 4.79 Å². The lowest BCUT2D eigenvalue weighted by Gasteiger charge is -2.14. The van der Waals surface area contributed by atoms with E-state index in [4.69, 9.17) is 10.5 Å². The maximum atomic E-state index is 15.4. The first-order valence-corrected chi connectivity index (χ1v) is 11.7. The Kier molecular flexibility index (Phi) is 6.29. The molecule has 0 bridgehead atoms. The maximum Gasteiger partial charge on any atom is 0.322 e. The predicted octanol–water partition coefficient (Wildman–Crippen LogP) is 5.35. The van der Waals surface area contributed by atoms with E-state index in [2.05, 4.69) is 31.8 Å². The third kappa shape index (κ3) is 4.43. The average Bonchev–Trinajstić information content (AvgIpc) is 3.18. The number of nitrogens with one attached hydrogen (secondary N) is 1. The number of rotatable bonds is 6. The van der Waals surface area contributed by atoms with Crippen LogP contribution in [0.3, 0.4) is 0 Å². The lowest BCUT2D eigenvalue weighted by molar-refractivity contribution is -0.111. The van der Waals surface area contributed by atoms with Crippen LogP contribution in [0, 0.1) is 19.7 Å². The van der Waals surface area contributed by atoms with Crippen molar-refractivity contribution in [3.05, 3.63) is 84.7 Å². The maximum absolute atomic E-state index is 15.4. The second kappa shape index (κ2) is 9.74. The quantitative estimate of drug-likeness (QED) is 0.296. The molecule has 0 aliphatic heterocycles. The summed E-state index contributed by atoms with van der Waals surface area (Å²) in [6, 6.07) is 12.0. The molecule has 0 saturated heterocycles. The highest BCUT2D eigenvalue weighted by Gasteiger charge is 2.24. The number of nitrogens with two attached hydrogens (primary N) is 1. The topological polar surface area (TPSA) is 121 Å². The van der Waals surface area contributed by atoms with Crippen molar-refractivity contribution in [2.24, 2.45) is 7.05 Å². The van der Waals surface area contributed by atoms with Crippen LogP contribution >= 0.6 is 0 Å². The molecule has 0 radical (unpaired) electrons. The summed E-state index contributed by atoms with van der Waals surface area (Å²) in [5.74, 6) is -0.637. The fraction of sp³-hybridized carbons (Fsp3) is 0.107. The molecule has 1 amide bonds. The molecule has 0 aliphatic carbocycles. The molecule has 38 heavy (non-hydrogen) atoms. The van der Waals surface area contributed by atoms with Crippen LogP contribution < -0.4 is 15.8 Å². The molecule has 5 aromatic rings. The number of carbonyl (C=O) groups is 1. The fourth-order valence-electron chi connectivity index (χ4n) is 4.38. The van der Waals surface area contributed by atoms with E-state index in [1.165, 1.54) is 24.5 Å². The lowest BCUT2D eigenvalue weighted by Crippen LogP contribution is -2.07. The number of nitrogens with zero attached hydrogens (tertiary/aromatic N) is 5. The molecule has 0 unspecified atom stereocenters. The first-order valence-electron chi connectivity index (χ1n) is 11.7. The van der Waals surface area contributed by atoms with Crippen LogP contribution in [0.25, 0.3) is 33.4 Å². The third-order valence-electron chi connectivity index (χ3n) is 6.13. The number of hydrogen-bond acceptors (Lipinski definition) is 7. The smallest absolute Gasteiger partial charge is 0.322 e. The van der Waals surface area contributed by atoms with Gasteiger partial charge in [0.1, 0.15) is 17.8 Å². The zero-order chi connectivity index (χ0) is 27.0. The van der Waals surface area contributed by atoms with E-state index in [-0.39, 0.29) is 23.5 Å². The Morgan fingerprint density at radius 3 is 2.66 bits per heavy atom. The van der Waals surface area contributed by atoms with Crippen LogP contribution in [0.2, 0.25) is 0 Å². The normalized spacial score (nSPS) is 10.9. The molecular formula is C28H24FN7O2. The van der Waals surface area contributed by atoms with Crippen molar-refractivity contribution in [2.45, 2.75) is 13.8 Å². The summed E-state index contributed by atoms with van der Waals surface area (Å²) in [6.07, 6.45) is 4.15. The summed E-state index contributed by atoms with van der Waals surface area (Å²) in [5.41, 5.74) is 12.0. The van der Waals surface area contributed by atoms with Crippen LogP contribution in [-0.2, 0) is 11.8 Å². The van der Waals surface area contributed by atoms with Crippen molar-refractivity contribution in [3.63, 3.8) is 0 Å². The minimum atomic E-state index is -0.592. The lowest BCUT2D eigenvalue weighted by atomic mass is 9.96. The second-order valence-corrected chi connectivity index (χ2v) is 8.69. The highest BCUT2D eigenvalue weighted by molar-refractivity contribution is 6.08. The number of anilines is 2. The largest absolute Gasteiger partial charge is 0.421 e. The minimum absolute atomic E-state index is 0.0103. The van der Waals surface area contributed by atoms with E-state index in [0.717, 1.165) is 16.8 Å². The Hall–Kier alpha value is -5.12. The van der Waals surface area contributed by atoms with Gasteiger partial charge in [-0.15, -0.1) is 0 Å². The van der Waals surface area contributed by atoms with E-state index >= 15 is 4.39 Å². The van der Waals surface area contributed by atoms with Crippen molar-refractivity contribution in [1.29, 1.82) is 0 Å². The van der Waals surface area contributed by atoms with Gasteiger partial charge in [-0.05, 0) is 61.4 Å². The van der Waals surface area contributed by atoms with Crippen molar-refractivity contribution in [2.75, 3.05) is 11.1 Å². The van der Waals surface area contributed by atoms with Gasteiger partial charge in [0, 0.05) is 35.8 Å². The molecule has 0 aliphatic rings. The van der Waals surface area contributed by atoms with E-state index in [0.29, 0.717) is 33.5 Å². The van der Waals surface area contributed by atoms with E-state index in [1.807, 2.05) is 30.7 Å². The molecule has 5 rings (SSSR count). The molecule has 0 spiro atoms. The van der Waals surface area contributed by atoms with Crippen LogP contribution in [0.4, 0.5) is 15.9 Å². The number of hydrogen-bond donors (Lipinski definition) is 2. The number of carbonyl (C=O) groups excluding carboxylic acids is 1. The SMILES string of the molecule is C=CC(=O)Nc1ccc(-c2c(-c3ccc(Oc4nccc(C)n4)c(F)c3)c3c(N)ncnc3n2C)c(C)c1. The van der Waals surface area contributed by atoms with Crippen LogP contribution in [0.15, 0.2) is 67.6 Å². The van der Waals surface area contributed by atoms with Crippen molar-refractivity contribution >= 4 is 28.4 Å². The molecule has 3 aromatic heterocycles. The molecule has 0 fully saturated rings. The predicted molar refractivity (Wildman–Crippen MR) is 144 cm³/mol. The summed E-state index contributed by atoms with van der Waals surface area (Å²) in [5, 5.41) is 3.37. The van der Waals surface area contributed by atoms with E-state index < -0.39 is 5.82 Å². The molecule has 190 valence electrons. The zero-order valence-electron chi connectivity index (χ0n) is 21.0. The third-order valence-corrected chi connectivity index (χ3v) is 6.13. The van der Waals surface area contributed by atoms with Crippen LogP contribution in [0.5, 0.6) is 11.8 Å². The molecule has 3 heterocycles. The summed E-state index contributed by atoms with van der Waals surface area (Å²) >= 11 is 0. The van der Waals surface area contributed by atoms with Crippen LogP contribution in [-0.4, -0.2) is 30.4 Å². The number of benzene rings is 2. The summed E-state index contributed by atoms with van der Waals surface area (Å²) < 4.78 is 22.8. The first-order chi connectivity index (χ1) is 18.3.